The lowest BCUT2D eigenvalue weighted by Crippen LogP contribution is -2.50. The van der Waals surface area contributed by atoms with Crippen LogP contribution in [0.1, 0.15) is 71.6 Å². The third kappa shape index (κ3) is 3.72. The number of nitrogens with zero attached hydrogens (tertiary/aromatic N) is 1. The highest BCUT2D eigenvalue weighted by molar-refractivity contribution is 4.91. The van der Waals surface area contributed by atoms with Gasteiger partial charge in [-0.05, 0) is 56.5 Å². The second-order valence-corrected chi connectivity index (χ2v) is 7.17. The highest BCUT2D eigenvalue weighted by atomic mass is 15.2. The van der Waals surface area contributed by atoms with Crippen molar-refractivity contribution in [2.75, 3.05) is 19.6 Å². The van der Waals surface area contributed by atoms with Crippen molar-refractivity contribution < 1.29 is 0 Å². The van der Waals surface area contributed by atoms with E-state index < -0.39 is 0 Å². The molecular formula is C17H34N2. The van der Waals surface area contributed by atoms with Crippen LogP contribution in [0.25, 0.3) is 0 Å². The first-order valence-electron chi connectivity index (χ1n) is 8.65. The molecule has 2 atom stereocenters. The fraction of sp³-hybridized carbons (Fsp3) is 1.00. The van der Waals surface area contributed by atoms with Crippen LogP contribution in [0.15, 0.2) is 0 Å². The average Bonchev–Trinajstić information content (AvgIpc) is 2.43. The van der Waals surface area contributed by atoms with E-state index in [1.165, 1.54) is 70.9 Å². The molecule has 0 aromatic heterocycles. The predicted octanol–water partition coefficient (Wildman–Crippen LogP) is 3.80. The van der Waals surface area contributed by atoms with Crippen LogP contribution in [0, 0.1) is 11.3 Å². The molecule has 1 aliphatic heterocycles. The Bertz CT molecular complexity index is 248. The van der Waals surface area contributed by atoms with E-state index in [1.54, 1.807) is 0 Å². The van der Waals surface area contributed by atoms with E-state index in [2.05, 4.69) is 18.7 Å². The van der Waals surface area contributed by atoms with Gasteiger partial charge in [-0.2, -0.15) is 0 Å². The molecule has 2 heteroatoms. The second-order valence-electron chi connectivity index (χ2n) is 7.17. The number of piperidine rings is 1. The van der Waals surface area contributed by atoms with Gasteiger partial charge in [0, 0.05) is 12.6 Å². The van der Waals surface area contributed by atoms with Gasteiger partial charge in [-0.1, -0.05) is 39.5 Å². The fourth-order valence-electron chi connectivity index (χ4n) is 4.52. The van der Waals surface area contributed by atoms with Crippen LogP contribution in [0.5, 0.6) is 0 Å². The molecule has 2 nitrogen and oxygen atoms in total. The van der Waals surface area contributed by atoms with Gasteiger partial charge in [0.15, 0.2) is 0 Å². The van der Waals surface area contributed by atoms with E-state index in [4.69, 9.17) is 5.73 Å². The Kier molecular flexibility index (Phi) is 5.70. The minimum absolute atomic E-state index is 0.626. The van der Waals surface area contributed by atoms with Crippen molar-refractivity contribution in [3.8, 4) is 0 Å². The van der Waals surface area contributed by atoms with Crippen LogP contribution >= 0.6 is 0 Å². The summed E-state index contributed by atoms with van der Waals surface area (Å²) in [5.74, 6) is 0.760. The van der Waals surface area contributed by atoms with E-state index in [0.717, 1.165) is 17.9 Å². The fourth-order valence-corrected chi connectivity index (χ4v) is 4.52. The largest absolute Gasteiger partial charge is 0.329 e. The van der Waals surface area contributed by atoms with E-state index >= 15 is 0 Å². The molecule has 2 rings (SSSR count). The maximum Gasteiger partial charge on any atom is 0.0243 e. The maximum atomic E-state index is 6.06. The highest BCUT2D eigenvalue weighted by Crippen LogP contribution is 2.45. The normalized spacial score (nSPS) is 27.3. The summed E-state index contributed by atoms with van der Waals surface area (Å²) in [5.41, 5.74) is 6.79. The first kappa shape index (κ1) is 15.3. The van der Waals surface area contributed by atoms with Crippen LogP contribution < -0.4 is 5.73 Å². The Labute approximate surface area is 120 Å². The summed E-state index contributed by atoms with van der Waals surface area (Å²) < 4.78 is 0. The molecule has 2 fully saturated rings. The second kappa shape index (κ2) is 7.08. The molecule has 2 N–H and O–H groups in total. The van der Waals surface area contributed by atoms with Crippen molar-refractivity contribution in [2.45, 2.75) is 77.7 Å². The lowest BCUT2D eigenvalue weighted by Gasteiger charge is -2.47. The summed E-state index contributed by atoms with van der Waals surface area (Å²) in [6.07, 6.45) is 12.9. The molecule has 19 heavy (non-hydrogen) atoms. The standard InChI is InChI=1S/C17H34N2/c1-3-7-15(2)16(14-18)19-12-10-17(11-13-19)8-5-4-6-9-17/h15-16H,3-14,18H2,1-2H3. The average molecular weight is 266 g/mol. The van der Waals surface area contributed by atoms with E-state index in [1.807, 2.05) is 0 Å². The Morgan fingerprint density at radius 1 is 1.05 bits per heavy atom. The van der Waals surface area contributed by atoms with Crippen molar-refractivity contribution in [3.63, 3.8) is 0 Å². The third-order valence-corrected chi connectivity index (χ3v) is 5.88. The minimum Gasteiger partial charge on any atom is -0.329 e. The van der Waals surface area contributed by atoms with Crippen LogP contribution in [-0.4, -0.2) is 30.6 Å². The van der Waals surface area contributed by atoms with Crippen molar-refractivity contribution >= 4 is 0 Å². The smallest absolute Gasteiger partial charge is 0.0243 e. The first-order chi connectivity index (χ1) is 9.21. The number of rotatable bonds is 5. The molecule has 1 aliphatic carbocycles. The summed E-state index contributed by atoms with van der Waals surface area (Å²) >= 11 is 0. The number of hydrogen-bond acceptors (Lipinski definition) is 2. The molecule has 1 saturated heterocycles. The zero-order chi connectivity index (χ0) is 13.7. The van der Waals surface area contributed by atoms with Crippen molar-refractivity contribution in [2.24, 2.45) is 17.1 Å². The summed E-state index contributed by atoms with van der Waals surface area (Å²) in [5, 5.41) is 0. The molecule has 2 unspecified atom stereocenters. The maximum absolute atomic E-state index is 6.06. The predicted molar refractivity (Wildman–Crippen MR) is 83.2 cm³/mol. The molecular weight excluding hydrogens is 232 g/mol. The van der Waals surface area contributed by atoms with Gasteiger partial charge in [-0.15, -0.1) is 0 Å². The van der Waals surface area contributed by atoms with Gasteiger partial charge in [0.2, 0.25) is 0 Å². The van der Waals surface area contributed by atoms with Gasteiger partial charge in [-0.25, -0.2) is 0 Å². The Morgan fingerprint density at radius 2 is 1.68 bits per heavy atom. The van der Waals surface area contributed by atoms with Gasteiger partial charge >= 0.3 is 0 Å². The van der Waals surface area contributed by atoms with Crippen LogP contribution in [-0.2, 0) is 0 Å². The lowest BCUT2D eigenvalue weighted by atomic mass is 9.68. The topological polar surface area (TPSA) is 29.3 Å². The van der Waals surface area contributed by atoms with E-state index in [-0.39, 0.29) is 0 Å². The van der Waals surface area contributed by atoms with Gasteiger partial charge < -0.3 is 5.73 Å². The van der Waals surface area contributed by atoms with Crippen LogP contribution in [0.4, 0.5) is 0 Å². The van der Waals surface area contributed by atoms with Crippen LogP contribution in [0.2, 0.25) is 0 Å². The van der Waals surface area contributed by atoms with Gasteiger partial charge in [-0.3, -0.25) is 4.90 Å². The Balaban J connectivity index is 1.87. The van der Waals surface area contributed by atoms with Crippen molar-refractivity contribution in [1.82, 2.24) is 4.90 Å². The zero-order valence-electron chi connectivity index (χ0n) is 13.2. The van der Waals surface area contributed by atoms with Gasteiger partial charge in [0.25, 0.3) is 0 Å². The summed E-state index contributed by atoms with van der Waals surface area (Å²) in [6.45, 7) is 8.13. The summed E-state index contributed by atoms with van der Waals surface area (Å²) in [4.78, 5) is 2.71. The number of likely N-dealkylation sites (tertiary alicyclic amines) is 1. The molecule has 112 valence electrons. The van der Waals surface area contributed by atoms with E-state index in [9.17, 15) is 0 Å². The molecule has 0 aromatic carbocycles. The highest BCUT2D eigenvalue weighted by Gasteiger charge is 2.37. The van der Waals surface area contributed by atoms with Crippen molar-refractivity contribution in [3.05, 3.63) is 0 Å². The van der Waals surface area contributed by atoms with E-state index in [0.29, 0.717) is 6.04 Å². The van der Waals surface area contributed by atoms with Crippen LogP contribution in [0.3, 0.4) is 0 Å². The molecule has 0 radical (unpaired) electrons. The monoisotopic (exact) mass is 266 g/mol. The molecule has 1 spiro atoms. The Morgan fingerprint density at radius 3 is 2.21 bits per heavy atom. The third-order valence-electron chi connectivity index (χ3n) is 5.88. The van der Waals surface area contributed by atoms with Gasteiger partial charge in [0.1, 0.15) is 0 Å². The van der Waals surface area contributed by atoms with Crippen molar-refractivity contribution in [1.29, 1.82) is 0 Å². The lowest BCUT2D eigenvalue weighted by molar-refractivity contribution is 0.0320. The quantitative estimate of drug-likeness (QED) is 0.820. The SMILES string of the molecule is CCCC(C)C(CN)N1CCC2(CCCCC2)CC1. The zero-order valence-corrected chi connectivity index (χ0v) is 13.2. The number of nitrogens with two attached hydrogens (primary N) is 1. The molecule has 2 aliphatic rings. The summed E-state index contributed by atoms with van der Waals surface area (Å²) in [6, 6.07) is 0.626. The molecule has 0 bridgehead atoms. The minimum atomic E-state index is 0.626. The summed E-state index contributed by atoms with van der Waals surface area (Å²) in [7, 11) is 0. The Hall–Kier alpha value is -0.0800. The molecule has 0 aromatic rings. The molecule has 1 saturated carbocycles. The first-order valence-corrected chi connectivity index (χ1v) is 8.65. The van der Waals surface area contributed by atoms with Gasteiger partial charge in [0.05, 0.1) is 0 Å². The molecule has 0 amide bonds. The number of hydrogen-bond donors (Lipinski definition) is 1. The molecule has 1 heterocycles.